The number of carbonyl (C=O) groups is 1. The first-order valence-electron chi connectivity index (χ1n) is 8.69. The average molecular weight is 362 g/mol. The highest BCUT2D eigenvalue weighted by atomic mass is 32.2. The molecule has 0 radical (unpaired) electrons. The highest BCUT2D eigenvalue weighted by Gasteiger charge is 2.38. The Morgan fingerprint density at radius 2 is 1.15 bits per heavy atom. The molecule has 3 rings (SSSR count). The van der Waals surface area contributed by atoms with E-state index in [1.807, 2.05) is 61.5 Å². The van der Waals surface area contributed by atoms with Crippen molar-refractivity contribution in [3.05, 3.63) is 108 Å². The van der Waals surface area contributed by atoms with Gasteiger partial charge in [-0.1, -0.05) is 97.9 Å². The van der Waals surface area contributed by atoms with E-state index >= 15 is 0 Å². The quantitative estimate of drug-likeness (QED) is 0.558. The predicted octanol–water partition coefficient (Wildman–Crippen LogP) is 5.57. The van der Waals surface area contributed by atoms with Gasteiger partial charge in [-0.05, 0) is 16.7 Å². The number of rotatable bonds is 7. The zero-order chi connectivity index (χ0) is 18.4. The molecule has 132 valence electrons. The smallest absolute Gasteiger partial charge is 0.304 e. The molecule has 0 amide bonds. The lowest BCUT2D eigenvalue weighted by molar-refractivity contribution is -0.136. The van der Waals surface area contributed by atoms with Crippen LogP contribution in [0.3, 0.4) is 0 Å². The molecule has 0 aliphatic carbocycles. The fourth-order valence-electron chi connectivity index (χ4n) is 3.31. The monoisotopic (exact) mass is 362 g/mol. The maximum atomic E-state index is 11.3. The van der Waals surface area contributed by atoms with Gasteiger partial charge in [0.2, 0.25) is 0 Å². The summed E-state index contributed by atoms with van der Waals surface area (Å²) in [4.78, 5) is 11.3. The number of thioether (sulfide) groups is 1. The van der Waals surface area contributed by atoms with Gasteiger partial charge in [0.1, 0.15) is 0 Å². The maximum Gasteiger partial charge on any atom is 0.304 e. The number of hydrogen-bond acceptors (Lipinski definition) is 2. The third kappa shape index (κ3) is 3.83. The lowest BCUT2D eigenvalue weighted by atomic mass is 9.84. The molecular formula is C23H22O2S. The van der Waals surface area contributed by atoms with Crippen molar-refractivity contribution in [1.82, 2.24) is 0 Å². The van der Waals surface area contributed by atoms with E-state index in [0.29, 0.717) is 0 Å². The summed E-state index contributed by atoms with van der Waals surface area (Å²) in [5, 5.41) is 9.23. The summed E-state index contributed by atoms with van der Waals surface area (Å²) in [5.41, 5.74) is 3.46. The van der Waals surface area contributed by atoms with Crippen molar-refractivity contribution in [2.75, 3.05) is 0 Å². The highest BCUT2D eigenvalue weighted by molar-refractivity contribution is 8.01. The van der Waals surface area contributed by atoms with Crippen molar-refractivity contribution in [1.29, 1.82) is 0 Å². The summed E-state index contributed by atoms with van der Waals surface area (Å²) < 4.78 is -0.460. The summed E-state index contributed by atoms with van der Waals surface area (Å²) in [7, 11) is 0. The molecule has 26 heavy (non-hydrogen) atoms. The third-order valence-electron chi connectivity index (χ3n) is 4.38. The normalized spacial score (nSPS) is 12.5. The van der Waals surface area contributed by atoms with Crippen LogP contribution in [0.25, 0.3) is 0 Å². The van der Waals surface area contributed by atoms with Gasteiger partial charge < -0.3 is 5.11 Å². The number of aliphatic carboxylic acids is 1. The second-order valence-electron chi connectivity index (χ2n) is 6.31. The van der Waals surface area contributed by atoms with Gasteiger partial charge in [-0.15, -0.1) is 11.8 Å². The Kier molecular flexibility index (Phi) is 5.79. The molecule has 1 N–H and O–H groups in total. The number of carboxylic acids is 1. The lowest BCUT2D eigenvalue weighted by Gasteiger charge is -2.37. The van der Waals surface area contributed by atoms with Gasteiger partial charge in [-0.3, -0.25) is 4.79 Å². The summed E-state index contributed by atoms with van der Waals surface area (Å²) in [6.07, 6.45) is 0.124. The van der Waals surface area contributed by atoms with Crippen LogP contribution in [0.15, 0.2) is 91.0 Å². The van der Waals surface area contributed by atoms with Gasteiger partial charge in [0, 0.05) is 5.25 Å². The fourth-order valence-corrected chi connectivity index (χ4v) is 4.96. The average Bonchev–Trinajstić information content (AvgIpc) is 2.67. The molecule has 0 bridgehead atoms. The summed E-state index contributed by atoms with van der Waals surface area (Å²) in [6.45, 7) is 1.99. The van der Waals surface area contributed by atoms with Crippen LogP contribution in [0.1, 0.15) is 30.0 Å². The van der Waals surface area contributed by atoms with E-state index < -0.39 is 10.7 Å². The molecule has 0 aliphatic rings. The SMILES string of the molecule is CC(CC(=O)O)SC(c1ccccc1)(c1ccccc1)c1ccccc1. The first kappa shape index (κ1) is 18.3. The topological polar surface area (TPSA) is 37.3 Å². The molecule has 3 heteroatoms. The molecule has 2 nitrogen and oxygen atoms in total. The standard InChI is InChI=1S/C23H22O2S/c1-18(17-22(24)25)26-23(19-11-5-2-6-12-19,20-13-7-3-8-14-20)21-15-9-4-10-16-21/h2-16,18H,17H2,1H3,(H,24,25). The molecule has 3 aromatic rings. The molecule has 3 aromatic carbocycles. The van der Waals surface area contributed by atoms with Crippen LogP contribution >= 0.6 is 11.8 Å². The van der Waals surface area contributed by atoms with E-state index in [-0.39, 0.29) is 11.7 Å². The van der Waals surface area contributed by atoms with Crippen molar-refractivity contribution >= 4 is 17.7 Å². The molecule has 0 fully saturated rings. The van der Waals surface area contributed by atoms with Crippen molar-refractivity contribution < 1.29 is 9.90 Å². The molecule has 0 spiro atoms. The molecule has 0 saturated carbocycles. The minimum atomic E-state index is -0.770. The predicted molar refractivity (Wildman–Crippen MR) is 109 cm³/mol. The molecule has 0 aliphatic heterocycles. The van der Waals surface area contributed by atoms with Crippen molar-refractivity contribution in [2.45, 2.75) is 23.3 Å². The van der Waals surface area contributed by atoms with Gasteiger partial charge in [-0.25, -0.2) is 0 Å². The minimum absolute atomic E-state index is 0.0480. The molecule has 1 unspecified atom stereocenters. The first-order chi connectivity index (χ1) is 12.6. The molecule has 0 saturated heterocycles. The summed E-state index contributed by atoms with van der Waals surface area (Å²) in [6, 6.07) is 31.0. The first-order valence-corrected chi connectivity index (χ1v) is 9.57. The second-order valence-corrected chi connectivity index (χ2v) is 7.96. The van der Waals surface area contributed by atoms with E-state index in [1.165, 1.54) is 0 Å². The van der Waals surface area contributed by atoms with E-state index in [1.54, 1.807) is 11.8 Å². The lowest BCUT2D eigenvalue weighted by Crippen LogP contribution is -2.28. The Morgan fingerprint density at radius 3 is 1.46 bits per heavy atom. The third-order valence-corrected chi connectivity index (χ3v) is 6.01. The molecule has 0 heterocycles. The van der Waals surface area contributed by atoms with Gasteiger partial charge >= 0.3 is 5.97 Å². The number of carboxylic acid groups (broad SMARTS) is 1. The van der Waals surface area contributed by atoms with Crippen LogP contribution in [0.4, 0.5) is 0 Å². The largest absolute Gasteiger partial charge is 0.481 e. The van der Waals surface area contributed by atoms with Gasteiger partial charge in [0.15, 0.2) is 0 Å². The molecular weight excluding hydrogens is 340 g/mol. The van der Waals surface area contributed by atoms with Crippen LogP contribution in [0, 0.1) is 0 Å². The number of benzene rings is 3. The zero-order valence-corrected chi connectivity index (χ0v) is 15.5. The van der Waals surface area contributed by atoms with E-state index in [2.05, 4.69) is 36.4 Å². The maximum absolute atomic E-state index is 11.3. The van der Waals surface area contributed by atoms with Crippen molar-refractivity contribution in [3.8, 4) is 0 Å². The Hall–Kier alpha value is -2.52. The minimum Gasteiger partial charge on any atom is -0.481 e. The van der Waals surface area contributed by atoms with Crippen LogP contribution in [0.2, 0.25) is 0 Å². The Balaban J connectivity index is 2.23. The van der Waals surface area contributed by atoms with Crippen LogP contribution in [-0.2, 0) is 9.54 Å². The molecule has 1 atom stereocenters. The van der Waals surface area contributed by atoms with Gasteiger partial charge in [0.25, 0.3) is 0 Å². The zero-order valence-electron chi connectivity index (χ0n) is 14.7. The van der Waals surface area contributed by atoms with Crippen LogP contribution < -0.4 is 0 Å². The number of hydrogen-bond donors (Lipinski definition) is 1. The molecule has 0 aromatic heterocycles. The van der Waals surface area contributed by atoms with Crippen LogP contribution in [0.5, 0.6) is 0 Å². The van der Waals surface area contributed by atoms with Crippen LogP contribution in [-0.4, -0.2) is 16.3 Å². The van der Waals surface area contributed by atoms with E-state index in [4.69, 9.17) is 0 Å². The van der Waals surface area contributed by atoms with E-state index in [0.717, 1.165) is 16.7 Å². The Bertz CT molecular complexity index is 735. The highest BCUT2D eigenvalue weighted by Crippen LogP contribution is 2.50. The fraction of sp³-hybridized carbons (Fsp3) is 0.174. The Morgan fingerprint density at radius 1 is 0.808 bits per heavy atom. The van der Waals surface area contributed by atoms with Gasteiger partial charge in [-0.2, -0.15) is 0 Å². The Labute approximate surface area is 158 Å². The summed E-state index contributed by atoms with van der Waals surface area (Å²) in [5.74, 6) is -0.770. The second kappa shape index (κ2) is 8.24. The van der Waals surface area contributed by atoms with Crippen molar-refractivity contribution in [3.63, 3.8) is 0 Å². The van der Waals surface area contributed by atoms with Gasteiger partial charge in [0.05, 0.1) is 11.2 Å². The summed E-state index contributed by atoms with van der Waals surface area (Å²) >= 11 is 1.70. The van der Waals surface area contributed by atoms with E-state index in [9.17, 15) is 9.90 Å². The van der Waals surface area contributed by atoms with Crippen molar-refractivity contribution in [2.24, 2.45) is 0 Å².